The van der Waals surface area contributed by atoms with Crippen molar-refractivity contribution < 1.29 is 22.7 Å². The quantitative estimate of drug-likeness (QED) is 0.627. The number of rotatable bonds is 6. The fourth-order valence-electron chi connectivity index (χ4n) is 2.98. The fourth-order valence-corrected chi connectivity index (χ4v) is 2.98. The highest BCUT2D eigenvalue weighted by atomic mass is 19.4. The monoisotopic (exact) mass is 405 g/mol. The Morgan fingerprint density at radius 3 is 2.48 bits per heavy atom. The molecule has 2 aromatic carbocycles. The highest BCUT2D eigenvalue weighted by Crippen LogP contribution is 2.30. The van der Waals surface area contributed by atoms with Gasteiger partial charge in [0.05, 0.1) is 18.1 Å². The second kappa shape index (κ2) is 8.02. The SMILES string of the molecule is COc1ccc2c(=O)n(CC(=O)C[C@@H](C)c3ccc(C(F)(F)F)cc3)nnc2c1. The van der Waals surface area contributed by atoms with E-state index in [0.29, 0.717) is 22.2 Å². The van der Waals surface area contributed by atoms with Gasteiger partial charge in [0, 0.05) is 12.5 Å². The zero-order valence-electron chi connectivity index (χ0n) is 15.7. The van der Waals surface area contributed by atoms with Gasteiger partial charge in [-0.2, -0.15) is 13.2 Å². The van der Waals surface area contributed by atoms with E-state index in [2.05, 4.69) is 10.3 Å². The van der Waals surface area contributed by atoms with Crippen molar-refractivity contribution in [3.8, 4) is 5.75 Å². The molecule has 3 rings (SSSR count). The van der Waals surface area contributed by atoms with Crippen LogP contribution in [-0.2, 0) is 17.5 Å². The number of nitrogens with zero attached hydrogens (tertiary/aromatic N) is 3. The first-order chi connectivity index (χ1) is 13.7. The lowest BCUT2D eigenvalue weighted by Crippen LogP contribution is -2.28. The minimum atomic E-state index is -4.41. The number of aromatic nitrogens is 3. The van der Waals surface area contributed by atoms with Crippen LogP contribution in [0.1, 0.15) is 30.4 Å². The topological polar surface area (TPSA) is 74.1 Å². The Labute approximate surface area is 163 Å². The number of methoxy groups -OCH3 is 1. The molecule has 0 bridgehead atoms. The number of hydrogen-bond donors (Lipinski definition) is 0. The van der Waals surface area contributed by atoms with E-state index in [1.807, 2.05) is 0 Å². The van der Waals surface area contributed by atoms with Crippen LogP contribution >= 0.6 is 0 Å². The Balaban J connectivity index is 1.72. The normalized spacial score (nSPS) is 12.7. The summed E-state index contributed by atoms with van der Waals surface area (Å²) in [5.41, 5.74) is -0.228. The van der Waals surface area contributed by atoms with Crippen molar-refractivity contribution in [1.82, 2.24) is 15.0 Å². The summed E-state index contributed by atoms with van der Waals surface area (Å²) in [5, 5.41) is 8.05. The van der Waals surface area contributed by atoms with Crippen LogP contribution < -0.4 is 10.3 Å². The lowest BCUT2D eigenvalue weighted by atomic mass is 9.95. The molecule has 0 saturated carbocycles. The van der Waals surface area contributed by atoms with Crippen LogP contribution in [0.15, 0.2) is 47.3 Å². The molecule has 0 amide bonds. The Hall–Kier alpha value is -3.23. The van der Waals surface area contributed by atoms with Gasteiger partial charge in [-0.3, -0.25) is 9.59 Å². The molecule has 3 aromatic rings. The number of ketones is 1. The van der Waals surface area contributed by atoms with E-state index in [9.17, 15) is 22.8 Å². The van der Waals surface area contributed by atoms with Crippen LogP contribution in [0.25, 0.3) is 10.9 Å². The number of benzene rings is 2. The molecule has 0 saturated heterocycles. The van der Waals surface area contributed by atoms with Crippen molar-refractivity contribution in [2.45, 2.75) is 32.0 Å². The molecule has 6 nitrogen and oxygen atoms in total. The Bertz CT molecular complexity index is 1090. The number of fused-ring (bicyclic) bond motifs is 1. The summed E-state index contributed by atoms with van der Waals surface area (Å²) >= 11 is 0. The molecule has 0 spiro atoms. The zero-order chi connectivity index (χ0) is 21.2. The number of carbonyl (C=O) groups excluding carboxylic acids is 1. The van der Waals surface area contributed by atoms with Gasteiger partial charge < -0.3 is 4.74 Å². The molecule has 29 heavy (non-hydrogen) atoms. The predicted molar refractivity (Wildman–Crippen MR) is 99.8 cm³/mol. The molecule has 1 heterocycles. The number of Topliss-reactive ketones (excluding diaryl/α,β-unsaturated/α-hetero) is 1. The standard InChI is InChI=1S/C20H18F3N3O3/c1-12(13-3-5-14(6-4-13)20(21,22)23)9-15(27)11-26-19(28)17-8-7-16(29-2)10-18(17)24-25-26/h3-8,10,12H,9,11H2,1-2H3/t12-/m1/s1. The van der Waals surface area contributed by atoms with Gasteiger partial charge in [-0.25, -0.2) is 4.68 Å². The number of carbonyl (C=O) groups is 1. The second-order valence-electron chi connectivity index (χ2n) is 6.70. The third kappa shape index (κ3) is 4.61. The summed E-state index contributed by atoms with van der Waals surface area (Å²) in [6.07, 6.45) is -4.35. The van der Waals surface area contributed by atoms with E-state index in [1.165, 1.54) is 19.2 Å². The van der Waals surface area contributed by atoms with Gasteiger partial charge in [0.1, 0.15) is 17.8 Å². The molecule has 1 aromatic heterocycles. The first kappa shape index (κ1) is 20.5. The van der Waals surface area contributed by atoms with E-state index in [0.717, 1.165) is 16.8 Å². The molecular formula is C20H18F3N3O3. The average molecular weight is 405 g/mol. The van der Waals surface area contributed by atoms with Crippen molar-refractivity contribution in [2.24, 2.45) is 0 Å². The maximum atomic E-state index is 12.7. The highest BCUT2D eigenvalue weighted by molar-refractivity contribution is 5.80. The number of ether oxygens (including phenoxy) is 1. The highest BCUT2D eigenvalue weighted by Gasteiger charge is 2.30. The summed E-state index contributed by atoms with van der Waals surface area (Å²) in [4.78, 5) is 24.9. The fraction of sp³-hybridized carbons (Fsp3) is 0.300. The molecular weight excluding hydrogens is 387 g/mol. The minimum absolute atomic E-state index is 0.0557. The van der Waals surface area contributed by atoms with Crippen molar-refractivity contribution in [3.05, 3.63) is 63.9 Å². The molecule has 1 atom stereocenters. The summed E-state index contributed by atoms with van der Waals surface area (Å²) in [6.45, 7) is 1.47. The Kier molecular flexibility index (Phi) is 5.67. The van der Waals surface area contributed by atoms with E-state index in [1.54, 1.807) is 25.1 Å². The molecule has 0 unspecified atom stereocenters. The zero-order valence-corrected chi connectivity index (χ0v) is 15.7. The van der Waals surface area contributed by atoms with Crippen LogP contribution in [-0.4, -0.2) is 27.9 Å². The smallest absolute Gasteiger partial charge is 0.416 e. The van der Waals surface area contributed by atoms with Crippen LogP contribution in [0, 0.1) is 0 Å². The van der Waals surface area contributed by atoms with Gasteiger partial charge in [0.2, 0.25) is 0 Å². The first-order valence-electron chi connectivity index (χ1n) is 8.79. The minimum Gasteiger partial charge on any atom is -0.497 e. The average Bonchev–Trinajstić information content (AvgIpc) is 2.69. The third-order valence-electron chi connectivity index (χ3n) is 4.60. The number of alkyl halides is 3. The summed E-state index contributed by atoms with van der Waals surface area (Å²) in [6, 6.07) is 9.43. The van der Waals surface area contributed by atoms with Crippen LogP contribution in [0.5, 0.6) is 5.75 Å². The van der Waals surface area contributed by atoms with Gasteiger partial charge in [0.25, 0.3) is 5.56 Å². The van der Waals surface area contributed by atoms with Crippen molar-refractivity contribution in [3.63, 3.8) is 0 Å². The lowest BCUT2D eigenvalue weighted by Gasteiger charge is -2.13. The van der Waals surface area contributed by atoms with Crippen molar-refractivity contribution in [1.29, 1.82) is 0 Å². The first-order valence-corrected chi connectivity index (χ1v) is 8.79. The van der Waals surface area contributed by atoms with Crippen molar-refractivity contribution in [2.75, 3.05) is 7.11 Å². The maximum absolute atomic E-state index is 12.7. The van der Waals surface area contributed by atoms with E-state index in [-0.39, 0.29) is 24.7 Å². The summed E-state index contributed by atoms with van der Waals surface area (Å²) in [7, 11) is 1.49. The molecule has 0 radical (unpaired) electrons. The molecule has 0 fully saturated rings. The van der Waals surface area contributed by atoms with Gasteiger partial charge in [-0.15, -0.1) is 5.10 Å². The summed E-state index contributed by atoms with van der Waals surface area (Å²) < 4.78 is 44.0. The van der Waals surface area contributed by atoms with Crippen LogP contribution in [0.4, 0.5) is 13.2 Å². The number of hydrogen-bond acceptors (Lipinski definition) is 5. The molecule has 152 valence electrons. The third-order valence-corrected chi connectivity index (χ3v) is 4.60. The van der Waals surface area contributed by atoms with E-state index < -0.39 is 17.3 Å². The molecule has 9 heteroatoms. The molecule has 0 aliphatic rings. The van der Waals surface area contributed by atoms with Gasteiger partial charge in [-0.1, -0.05) is 24.3 Å². The largest absolute Gasteiger partial charge is 0.497 e. The van der Waals surface area contributed by atoms with Gasteiger partial charge >= 0.3 is 6.18 Å². The van der Waals surface area contributed by atoms with Crippen LogP contribution in [0.3, 0.4) is 0 Å². The Morgan fingerprint density at radius 2 is 1.86 bits per heavy atom. The summed E-state index contributed by atoms with van der Waals surface area (Å²) in [5.74, 6) is -0.0507. The van der Waals surface area contributed by atoms with Crippen LogP contribution in [0.2, 0.25) is 0 Å². The molecule has 0 N–H and O–H groups in total. The lowest BCUT2D eigenvalue weighted by molar-refractivity contribution is -0.137. The predicted octanol–water partition coefficient (Wildman–Crippen LogP) is 3.58. The second-order valence-corrected chi connectivity index (χ2v) is 6.70. The van der Waals surface area contributed by atoms with Gasteiger partial charge in [0.15, 0.2) is 5.78 Å². The molecule has 0 aliphatic heterocycles. The maximum Gasteiger partial charge on any atom is 0.416 e. The molecule has 0 aliphatic carbocycles. The van der Waals surface area contributed by atoms with E-state index in [4.69, 9.17) is 4.74 Å². The number of halogens is 3. The Morgan fingerprint density at radius 1 is 1.17 bits per heavy atom. The van der Waals surface area contributed by atoms with Gasteiger partial charge in [-0.05, 0) is 35.7 Å². The van der Waals surface area contributed by atoms with Crippen molar-refractivity contribution >= 4 is 16.7 Å². The van der Waals surface area contributed by atoms with E-state index >= 15 is 0 Å².